The largest absolute Gasteiger partial charge is 0.497 e. The van der Waals surface area contributed by atoms with Crippen molar-refractivity contribution < 1.29 is 24.2 Å². The van der Waals surface area contributed by atoms with Gasteiger partial charge in [0, 0.05) is 0 Å². The Kier molecular flexibility index (Phi) is 7.77. The minimum absolute atomic E-state index is 0.0605. The zero-order valence-electron chi connectivity index (χ0n) is 12.6. The van der Waals surface area contributed by atoms with Crippen LogP contribution in [0, 0.1) is 0 Å². The number of unbranched alkanes of at least 4 members (excludes halogenated alkanes) is 1. The van der Waals surface area contributed by atoms with Crippen molar-refractivity contribution in [3.63, 3.8) is 0 Å². The number of nitrogens with one attached hydrogen (secondary N) is 1. The first-order chi connectivity index (χ1) is 10.6. The maximum Gasteiger partial charge on any atom is 0.408 e. The molecule has 122 valence electrons. The molecule has 0 aliphatic heterocycles. The fraction of sp³-hybridized carbons (Fsp3) is 0.467. The molecule has 1 unspecified atom stereocenters. The lowest BCUT2D eigenvalue weighted by atomic mass is 10.1. The second-order valence-corrected chi connectivity index (χ2v) is 4.74. The third-order valence-corrected chi connectivity index (χ3v) is 3.07. The average Bonchev–Trinajstić information content (AvgIpc) is 2.52. The van der Waals surface area contributed by atoms with E-state index in [1.165, 1.54) is 0 Å². The summed E-state index contributed by atoms with van der Waals surface area (Å²) in [5, 5.41) is 11.4. The van der Waals surface area contributed by atoms with E-state index in [4.69, 9.17) is 20.3 Å². The van der Waals surface area contributed by atoms with Crippen LogP contribution in [0.2, 0.25) is 0 Å². The topological polar surface area (TPSA) is 111 Å². The number of rotatable bonds is 9. The molecule has 7 heteroatoms. The predicted octanol–water partition coefficient (Wildman–Crippen LogP) is 1.50. The van der Waals surface area contributed by atoms with Crippen LogP contribution in [0.1, 0.15) is 24.8 Å². The molecule has 1 aromatic rings. The number of carboxylic acids is 1. The molecule has 0 spiro atoms. The second-order valence-electron chi connectivity index (χ2n) is 4.74. The van der Waals surface area contributed by atoms with Crippen molar-refractivity contribution in [1.29, 1.82) is 0 Å². The van der Waals surface area contributed by atoms with Crippen LogP contribution in [0.3, 0.4) is 0 Å². The number of aliphatic carboxylic acids is 1. The van der Waals surface area contributed by atoms with Crippen molar-refractivity contribution in [2.75, 3.05) is 13.7 Å². The number of amides is 1. The number of carbonyl (C=O) groups is 2. The van der Waals surface area contributed by atoms with Crippen molar-refractivity contribution in [3.05, 3.63) is 29.8 Å². The summed E-state index contributed by atoms with van der Waals surface area (Å²) in [6.45, 7) is 0.555. The van der Waals surface area contributed by atoms with E-state index in [0.717, 1.165) is 5.56 Å². The molecule has 1 amide bonds. The first kappa shape index (κ1) is 17.8. The molecule has 0 bridgehead atoms. The maximum absolute atomic E-state index is 11.6. The highest BCUT2D eigenvalue weighted by Crippen LogP contribution is 2.12. The Balaban J connectivity index is 2.40. The Bertz CT molecular complexity index is 475. The van der Waals surface area contributed by atoms with Crippen molar-refractivity contribution >= 4 is 12.1 Å². The third kappa shape index (κ3) is 6.45. The molecule has 0 fully saturated rings. The van der Waals surface area contributed by atoms with Crippen molar-refractivity contribution in [2.45, 2.75) is 31.9 Å². The van der Waals surface area contributed by atoms with E-state index in [-0.39, 0.29) is 6.61 Å². The van der Waals surface area contributed by atoms with Crippen LogP contribution in [0.25, 0.3) is 0 Å². The third-order valence-electron chi connectivity index (χ3n) is 3.07. The van der Waals surface area contributed by atoms with Gasteiger partial charge in [-0.3, -0.25) is 0 Å². The molecule has 1 rings (SSSR count). The number of methoxy groups -OCH3 is 1. The van der Waals surface area contributed by atoms with E-state index < -0.39 is 18.1 Å². The zero-order valence-corrected chi connectivity index (χ0v) is 12.6. The summed E-state index contributed by atoms with van der Waals surface area (Å²) < 4.78 is 10.0. The van der Waals surface area contributed by atoms with Gasteiger partial charge < -0.3 is 25.6 Å². The SMILES string of the molecule is COc1ccc(COC(=O)NC(CCCCN)C(=O)O)cc1. The molecule has 1 atom stereocenters. The summed E-state index contributed by atoms with van der Waals surface area (Å²) in [6.07, 6.45) is 0.916. The number of hydrogen-bond donors (Lipinski definition) is 3. The Morgan fingerprint density at radius 2 is 1.95 bits per heavy atom. The second kappa shape index (κ2) is 9.62. The highest BCUT2D eigenvalue weighted by Gasteiger charge is 2.20. The molecule has 4 N–H and O–H groups in total. The molecule has 22 heavy (non-hydrogen) atoms. The summed E-state index contributed by atoms with van der Waals surface area (Å²) in [6, 6.07) is 6.08. The smallest absolute Gasteiger partial charge is 0.408 e. The van der Waals surface area contributed by atoms with Gasteiger partial charge in [0.15, 0.2) is 0 Å². The minimum atomic E-state index is -1.08. The Labute approximate surface area is 129 Å². The van der Waals surface area contributed by atoms with E-state index in [1.807, 2.05) is 0 Å². The van der Waals surface area contributed by atoms with Gasteiger partial charge in [-0.2, -0.15) is 0 Å². The molecule has 0 saturated carbocycles. The molecule has 0 heterocycles. The number of hydrogen-bond acceptors (Lipinski definition) is 5. The number of nitrogens with two attached hydrogens (primary N) is 1. The molecule has 0 aliphatic carbocycles. The van der Waals surface area contributed by atoms with Crippen LogP contribution >= 0.6 is 0 Å². The van der Waals surface area contributed by atoms with E-state index in [0.29, 0.717) is 31.6 Å². The lowest BCUT2D eigenvalue weighted by molar-refractivity contribution is -0.139. The fourth-order valence-electron chi connectivity index (χ4n) is 1.80. The van der Waals surface area contributed by atoms with Gasteiger partial charge in [0.1, 0.15) is 18.4 Å². The molecule has 0 saturated heterocycles. The summed E-state index contributed by atoms with van der Waals surface area (Å²) in [5.41, 5.74) is 6.14. The number of carbonyl (C=O) groups excluding carboxylic acids is 1. The van der Waals surface area contributed by atoms with Gasteiger partial charge in [0.25, 0.3) is 0 Å². The van der Waals surface area contributed by atoms with E-state index in [1.54, 1.807) is 31.4 Å². The molecular weight excluding hydrogens is 288 g/mol. The van der Waals surface area contributed by atoms with Gasteiger partial charge in [-0.05, 0) is 43.5 Å². The van der Waals surface area contributed by atoms with Gasteiger partial charge in [-0.25, -0.2) is 9.59 Å². The van der Waals surface area contributed by atoms with Crippen molar-refractivity contribution in [1.82, 2.24) is 5.32 Å². The Morgan fingerprint density at radius 1 is 1.27 bits per heavy atom. The first-order valence-electron chi connectivity index (χ1n) is 7.06. The zero-order chi connectivity index (χ0) is 16.4. The van der Waals surface area contributed by atoms with Crippen molar-refractivity contribution in [2.24, 2.45) is 5.73 Å². The molecule has 7 nitrogen and oxygen atoms in total. The predicted molar refractivity (Wildman–Crippen MR) is 80.6 cm³/mol. The lowest BCUT2D eigenvalue weighted by Gasteiger charge is -2.14. The average molecular weight is 310 g/mol. The first-order valence-corrected chi connectivity index (χ1v) is 7.06. The molecule has 0 radical (unpaired) electrons. The Hall–Kier alpha value is -2.28. The van der Waals surface area contributed by atoms with E-state index >= 15 is 0 Å². The molecule has 0 aromatic heterocycles. The fourth-order valence-corrected chi connectivity index (χ4v) is 1.80. The van der Waals surface area contributed by atoms with Crippen LogP contribution in [0.4, 0.5) is 4.79 Å². The van der Waals surface area contributed by atoms with E-state index in [2.05, 4.69) is 5.32 Å². The van der Waals surface area contributed by atoms with Crippen LogP contribution < -0.4 is 15.8 Å². The highest BCUT2D eigenvalue weighted by atomic mass is 16.5. The maximum atomic E-state index is 11.6. The van der Waals surface area contributed by atoms with Gasteiger partial charge in [-0.15, -0.1) is 0 Å². The van der Waals surface area contributed by atoms with Gasteiger partial charge in [0.2, 0.25) is 0 Å². The van der Waals surface area contributed by atoms with Gasteiger partial charge in [0.05, 0.1) is 7.11 Å². The summed E-state index contributed by atoms with van der Waals surface area (Å²) in [5.74, 6) is -0.377. The standard InChI is InChI=1S/C15H22N2O5/c1-21-12-7-5-11(6-8-12)10-22-15(20)17-13(14(18)19)4-2-3-9-16/h5-8,13H,2-4,9-10,16H2,1H3,(H,17,20)(H,18,19). The lowest BCUT2D eigenvalue weighted by Crippen LogP contribution is -2.41. The van der Waals surface area contributed by atoms with Crippen LogP contribution in [0.15, 0.2) is 24.3 Å². The van der Waals surface area contributed by atoms with Crippen LogP contribution in [0.5, 0.6) is 5.75 Å². The molecule has 1 aromatic carbocycles. The Morgan fingerprint density at radius 3 is 2.50 bits per heavy atom. The van der Waals surface area contributed by atoms with Crippen LogP contribution in [-0.4, -0.2) is 36.9 Å². The molecular formula is C15H22N2O5. The van der Waals surface area contributed by atoms with Gasteiger partial charge in [-0.1, -0.05) is 12.1 Å². The summed E-state index contributed by atoms with van der Waals surface area (Å²) >= 11 is 0. The van der Waals surface area contributed by atoms with E-state index in [9.17, 15) is 9.59 Å². The highest BCUT2D eigenvalue weighted by molar-refractivity contribution is 5.79. The van der Waals surface area contributed by atoms with Gasteiger partial charge >= 0.3 is 12.1 Å². The number of benzene rings is 1. The monoisotopic (exact) mass is 310 g/mol. The van der Waals surface area contributed by atoms with Crippen molar-refractivity contribution in [3.8, 4) is 5.75 Å². The molecule has 0 aliphatic rings. The number of carboxylic acid groups (broad SMARTS) is 1. The normalized spacial score (nSPS) is 11.5. The summed E-state index contributed by atoms with van der Waals surface area (Å²) in [4.78, 5) is 22.7. The number of alkyl carbamates (subject to hydrolysis) is 1. The summed E-state index contributed by atoms with van der Waals surface area (Å²) in [7, 11) is 1.57. The quantitative estimate of drug-likeness (QED) is 0.596. The minimum Gasteiger partial charge on any atom is -0.497 e. The van der Waals surface area contributed by atoms with Crippen LogP contribution in [-0.2, 0) is 16.1 Å². The number of ether oxygens (including phenoxy) is 2.